The van der Waals surface area contributed by atoms with Gasteiger partial charge in [0.2, 0.25) is 5.91 Å². The van der Waals surface area contributed by atoms with Crippen LogP contribution in [0.4, 0.5) is 0 Å². The van der Waals surface area contributed by atoms with E-state index in [4.69, 9.17) is 9.05 Å². The molecule has 0 aromatic heterocycles. The molecule has 3 N–H and O–H groups in total. The number of amides is 1. The molecule has 0 aliphatic rings. The third-order valence-electron chi connectivity index (χ3n) is 6.67. The van der Waals surface area contributed by atoms with Gasteiger partial charge in [0.15, 0.2) is 0 Å². The number of aliphatic hydroxyl groups is 1. The predicted octanol–water partition coefficient (Wildman–Crippen LogP) is 7.07. The van der Waals surface area contributed by atoms with Crippen molar-refractivity contribution < 1.29 is 32.9 Å². The quantitative estimate of drug-likeness (QED) is 0.0410. The van der Waals surface area contributed by atoms with E-state index >= 15 is 0 Å². The van der Waals surface area contributed by atoms with Gasteiger partial charge in [-0.15, -0.1) is 0 Å². The number of phosphoric ester groups is 1. The highest BCUT2D eigenvalue weighted by molar-refractivity contribution is 7.47. The zero-order valence-corrected chi connectivity index (χ0v) is 27.2. The number of nitrogens with one attached hydrogen (secondary N) is 1. The van der Waals surface area contributed by atoms with Crippen LogP contribution in [0.1, 0.15) is 117 Å². The second kappa shape index (κ2) is 24.6. The van der Waals surface area contributed by atoms with Gasteiger partial charge in [0.1, 0.15) is 13.2 Å². The van der Waals surface area contributed by atoms with Gasteiger partial charge in [-0.3, -0.25) is 13.8 Å². The monoisotopic (exact) mass is 589 g/mol. The summed E-state index contributed by atoms with van der Waals surface area (Å²) in [4.78, 5) is 22.7. The summed E-state index contributed by atoms with van der Waals surface area (Å²) >= 11 is 0. The molecule has 0 saturated heterocycles. The Labute approximate surface area is 245 Å². The highest BCUT2D eigenvalue weighted by Gasteiger charge is 2.27. The van der Waals surface area contributed by atoms with Crippen LogP contribution < -0.4 is 5.32 Å². The highest BCUT2D eigenvalue weighted by atomic mass is 31.2. The fraction of sp³-hybridized carbons (Fsp3) is 0.839. The van der Waals surface area contributed by atoms with E-state index in [0.29, 0.717) is 17.4 Å². The fourth-order valence-electron chi connectivity index (χ4n) is 4.05. The first kappa shape index (κ1) is 39.0. The van der Waals surface area contributed by atoms with E-state index in [-0.39, 0.29) is 19.1 Å². The number of carbonyl (C=O) groups is 1. The Hall–Kier alpha value is -1.02. The lowest BCUT2D eigenvalue weighted by atomic mass is 10.1. The lowest BCUT2D eigenvalue weighted by Crippen LogP contribution is -2.45. The number of rotatable bonds is 27. The number of nitrogens with zero attached hydrogens (tertiary/aromatic N) is 1. The number of hydrogen-bond donors (Lipinski definition) is 3. The van der Waals surface area contributed by atoms with Crippen LogP contribution in [0, 0.1) is 0 Å². The molecular weight excluding hydrogens is 527 g/mol. The second-order valence-electron chi connectivity index (χ2n) is 11.8. The molecule has 0 spiro atoms. The average Bonchev–Trinajstić information content (AvgIpc) is 2.88. The molecular formula is C31H62N2O6P+. The number of aliphatic hydroxyl groups excluding tert-OH is 1. The number of phosphoric acid groups is 1. The molecule has 8 nitrogen and oxygen atoms in total. The van der Waals surface area contributed by atoms with Crippen molar-refractivity contribution in [2.45, 2.75) is 129 Å². The van der Waals surface area contributed by atoms with E-state index in [1.807, 2.05) is 27.2 Å². The van der Waals surface area contributed by atoms with Crippen LogP contribution in [0.2, 0.25) is 0 Å². The topological polar surface area (TPSA) is 105 Å². The maximum absolute atomic E-state index is 12.6. The third-order valence-corrected chi connectivity index (χ3v) is 7.66. The van der Waals surface area contributed by atoms with Crippen molar-refractivity contribution in [3.05, 3.63) is 24.3 Å². The number of quaternary nitrogens is 1. The Kier molecular flexibility index (Phi) is 23.9. The molecule has 40 heavy (non-hydrogen) atoms. The van der Waals surface area contributed by atoms with Crippen LogP contribution in [-0.2, 0) is 18.4 Å². The Balaban J connectivity index is 4.73. The summed E-state index contributed by atoms with van der Waals surface area (Å²) in [5.41, 5.74) is 0. The first-order valence-electron chi connectivity index (χ1n) is 15.7. The zero-order valence-electron chi connectivity index (χ0n) is 26.3. The van der Waals surface area contributed by atoms with E-state index in [9.17, 15) is 19.4 Å². The smallest absolute Gasteiger partial charge is 0.387 e. The molecule has 3 unspecified atom stereocenters. The first-order chi connectivity index (χ1) is 19.0. The number of hydrogen-bond acceptors (Lipinski definition) is 5. The Morgan fingerprint density at radius 1 is 0.825 bits per heavy atom. The standard InChI is InChI=1S/C31H61N2O6P/c1-6-8-10-12-14-16-18-20-22-24-30(34)29(28-39-40(36,37)38-27-26-33(3,4)5)32-31(35)25-23-21-19-17-15-13-11-9-7-2/h14,16,22,24,29-30,34H,6-13,15,17-21,23,25-28H2,1-5H3,(H-,32,35,36,37)/p+1/b16-14+,24-22+. The fourth-order valence-corrected chi connectivity index (χ4v) is 4.79. The predicted molar refractivity (Wildman–Crippen MR) is 166 cm³/mol. The summed E-state index contributed by atoms with van der Waals surface area (Å²) in [5, 5.41) is 13.6. The molecule has 9 heteroatoms. The zero-order chi connectivity index (χ0) is 30.1. The lowest BCUT2D eigenvalue weighted by Gasteiger charge is -2.25. The largest absolute Gasteiger partial charge is 0.472 e. The minimum absolute atomic E-state index is 0.0569. The van der Waals surface area contributed by atoms with Crippen molar-refractivity contribution in [3.8, 4) is 0 Å². The molecule has 0 fully saturated rings. The number of carbonyl (C=O) groups excluding carboxylic acids is 1. The molecule has 0 aliphatic carbocycles. The van der Waals surface area contributed by atoms with E-state index in [2.05, 4.69) is 31.3 Å². The summed E-state index contributed by atoms with van der Waals surface area (Å²) < 4.78 is 23.2. The molecule has 0 radical (unpaired) electrons. The van der Waals surface area contributed by atoms with Crippen LogP contribution in [0.3, 0.4) is 0 Å². The van der Waals surface area contributed by atoms with Crippen molar-refractivity contribution >= 4 is 13.7 Å². The van der Waals surface area contributed by atoms with Gasteiger partial charge < -0.3 is 19.8 Å². The van der Waals surface area contributed by atoms with E-state index < -0.39 is 20.0 Å². The number of unbranched alkanes of at least 4 members (excludes halogenated alkanes) is 12. The van der Waals surface area contributed by atoms with Crippen LogP contribution in [-0.4, -0.2) is 73.4 Å². The van der Waals surface area contributed by atoms with Crippen molar-refractivity contribution in [2.24, 2.45) is 0 Å². The first-order valence-corrected chi connectivity index (χ1v) is 17.2. The van der Waals surface area contributed by atoms with E-state index in [0.717, 1.165) is 38.5 Å². The molecule has 0 saturated carbocycles. The molecule has 0 bridgehead atoms. The molecule has 0 rings (SSSR count). The van der Waals surface area contributed by atoms with Gasteiger partial charge in [-0.2, -0.15) is 0 Å². The Morgan fingerprint density at radius 2 is 1.38 bits per heavy atom. The van der Waals surface area contributed by atoms with Crippen LogP contribution >= 0.6 is 7.82 Å². The van der Waals surface area contributed by atoms with Gasteiger partial charge in [-0.25, -0.2) is 4.57 Å². The maximum atomic E-state index is 12.6. The van der Waals surface area contributed by atoms with E-state index in [1.165, 1.54) is 57.8 Å². The summed E-state index contributed by atoms with van der Waals surface area (Å²) in [5.74, 6) is -0.197. The summed E-state index contributed by atoms with van der Waals surface area (Å²) in [6.45, 7) is 4.67. The minimum atomic E-state index is -4.32. The minimum Gasteiger partial charge on any atom is -0.387 e. The van der Waals surface area contributed by atoms with Gasteiger partial charge in [0.05, 0.1) is 39.9 Å². The van der Waals surface area contributed by atoms with Crippen molar-refractivity contribution in [3.63, 3.8) is 0 Å². The molecule has 0 heterocycles. The van der Waals surface area contributed by atoms with Gasteiger partial charge >= 0.3 is 7.82 Å². The van der Waals surface area contributed by atoms with Crippen molar-refractivity contribution in [1.82, 2.24) is 5.32 Å². The van der Waals surface area contributed by atoms with Gasteiger partial charge in [-0.05, 0) is 32.1 Å². The Morgan fingerprint density at radius 3 is 2.00 bits per heavy atom. The van der Waals surface area contributed by atoms with Crippen molar-refractivity contribution in [2.75, 3.05) is 40.9 Å². The number of allylic oxidation sites excluding steroid dienone is 3. The molecule has 1 amide bonds. The van der Waals surface area contributed by atoms with Crippen LogP contribution in [0.15, 0.2) is 24.3 Å². The lowest BCUT2D eigenvalue weighted by molar-refractivity contribution is -0.870. The SMILES string of the molecule is CCCCC/C=C/CC/C=C/C(O)C(COP(=O)(O)OCC[N+](C)(C)C)NC(=O)CCCCCCCCCCC. The number of likely N-dealkylation sites (N-methyl/N-ethyl adjacent to an activating group) is 1. The summed E-state index contributed by atoms with van der Waals surface area (Å²) in [6, 6.07) is -0.852. The maximum Gasteiger partial charge on any atom is 0.472 e. The Bertz CT molecular complexity index is 723. The van der Waals surface area contributed by atoms with Crippen molar-refractivity contribution in [1.29, 1.82) is 0 Å². The molecule has 0 aromatic rings. The van der Waals surface area contributed by atoms with E-state index in [1.54, 1.807) is 6.08 Å². The van der Waals surface area contributed by atoms with Gasteiger partial charge in [-0.1, -0.05) is 102 Å². The average molecular weight is 590 g/mol. The molecule has 0 aliphatic heterocycles. The molecule has 0 aromatic carbocycles. The van der Waals surface area contributed by atoms with Gasteiger partial charge in [0, 0.05) is 6.42 Å². The second-order valence-corrected chi connectivity index (χ2v) is 13.3. The third kappa shape index (κ3) is 25.9. The molecule has 3 atom stereocenters. The van der Waals surface area contributed by atoms with Gasteiger partial charge in [0.25, 0.3) is 0 Å². The summed E-state index contributed by atoms with van der Waals surface area (Å²) in [7, 11) is 1.55. The highest BCUT2D eigenvalue weighted by Crippen LogP contribution is 2.43. The summed E-state index contributed by atoms with van der Waals surface area (Å²) in [6.07, 6.45) is 24.0. The van der Waals surface area contributed by atoms with Crippen LogP contribution in [0.5, 0.6) is 0 Å². The normalized spacial score (nSPS) is 15.5. The molecule has 236 valence electrons. The van der Waals surface area contributed by atoms with Crippen LogP contribution in [0.25, 0.3) is 0 Å².